The molecule has 112 valence electrons. The van der Waals surface area contributed by atoms with Crippen LogP contribution in [-0.2, 0) is 0 Å². The minimum absolute atomic E-state index is 0.0112. The van der Waals surface area contributed by atoms with Crippen molar-refractivity contribution in [1.29, 1.82) is 0 Å². The summed E-state index contributed by atoms with van der Waals surface area (Å²) in [5.74, 6) is 0.755. The van der Waals surface area contributed by atoms with Crippen LogP contribution < -0.4 is 5.32 Å². The Labute approximate surface area is 141 Å². The predicted octanol–water partition coefficient (Wildman–Crippen LogP) is 4.79. The summed E-state index contributed by atoms with van der Waals surface area (Å²) < 4.78 is 1.88. The van der Waals surface area contributed by atoms with Gasteiger partial charge in [-0.2, -0.15) is 10.1 Å². The first kappa shape index (κ1) is 14.1. The van der Waals surface area contributed by atoms with Crippen molar-refractivity contribution in [2.75, 3.05) is 5.32 Å². The molecule has 4 nitrogen and oxygen atoms in total. The number of benzene rings is 1. The quantitative estimate of drug-likeness (QED) is 0.722. The van der Waals surface area contributed by atoms with Gasteiger partial charge in [-0.3, -0.25) is 0 Å². The van der Waals surface area contributed by atoms with Gasteiger partial charge in [0, 0.05) is 4.88 Å². The molecule has 0 saturated heterocycles. The summed E-state index contributed by atoms with van der Waals surface area (Å²) in [6, 6.07) is 10.1. The highest BCUT2D eigenvalue weighted by Gasteiger charge is 2.31. The molecule has 2 aromatic heterocycles. The molecule has 1 N–H and O–H groups in total. The molecule has 0 spiro atoms. The SMILES string of the molecule is Clc1cccc(C2CC(c3cccs3)Nc3ncnn32)c1Cl. The van der Waals surface area contributed by atoms with Crippen molar-refractivity contribution in [3.8, 4) is 0 Å². The van der Waals surface area contributed by atoms with E-state index < -0.39 is 0 Å². The Morgan fingerprint density at radius 3 is 2.95 bits per heavy atom. The molecule has 3 aromatic rings. The normalized spacial score (nSPS) is 20.5. The second-order valence-electron chi connectivity index (χ2n) is 5.14. The van der Waals surface area contributed by atoms with Gasteiger partial charge in [-0.05, 0) is 29.5 Å². The lowest BCUT2D eigenvalue weighted by Crippen LogP contribution is -2.27. The van der Waals surface area contributed by atoms with Crippen LogP contribution in [0.1, 0.15) is 28.9 Å². The first-order valence-corrected chi connectivity index (χ1v) is 8.51. The van der Waals surface area contributed by atoms with Gasteiger partial charge in [-0.25, -0.2) is 4.68 Å². The van der Waals surface area contributed by atoms with Gasteiger partial charge >= 0.3 is 0 Å². The minimum atomic E-state index is 0.0112. The van der Waals surface area contributed by atoms with Crippen LogP contribution >= 0.6 is 34.5 Å². The maximum Gasteiger partial charge on any atom is 0.222 e. The van der Waals surface area contributed by atoms with Crippen molar-refractivity contribution >= 4 is 40.5 Å². The molecule has 0 saturated carbocycles. The Morgan fingerprint density at radius 1 is 1.23 bits per heavy atom. The van der Waals surface area contributed by atoms with Crippen molar-refractivity contribution < 1.29 is 0 Å². The van der Waals surface area contributed by atoms with Crippen molar-refractivity contribution in [2.45, 2.75) is 18.5 Å². The number of halogens is 2. The van der Waals surface area contributed by atoms with E-state index in [4.69, 9.17) is 23.2 Å². The highest BCUT2D eigenvalue weighted by molar-refractivity contribution is 7.10. The van der Waals surface area contributed by atoms with Crippen LogP contribution in [0.3, 0.4) is 0 Å². The summed E-state index contributed by atoms with van der Waals surface area (Å²) in [5, 5.41) is 11.0. The van der Waals surface area contributed by atoms with E-state index in [0.29, 0.717) is 10.0 Å². The maximum absolute atomic E-state index is 6.42. The molecule has 0 fully saturated rings. The summed E-state index contributed by atoms with van der Waals surface area (Å²) >= 11 is 14.3. The predicted molar refractivity (Wildman–Crippen MR) is 89.9 cm³/mol. The zero-order valence-corrected chi connectivity index (χ0v) is 13.7. The van der Waals surface area contributed by atoms with Gasteiger partial charge < -0.3 is 5.32 Å². The Bertz CT molecular complexity index is 800. The average molecular weight is 351 g/mol. The monoisotopic (exact) mass is 350 g/mol. The van der Waals surface area contributed by atoms with E-state index in [1.807, 2.05) is 16.8 Å². The zero-order valence-electron chi connectivity index (χ0n) is 11.4. The van der Waals surface area contributed by atoms with Crippen LogP contribution in [0.25, 0.3) is 0 Å². The van der Waals surface area contributed by atoms with E-state index in [2.05, 4.69) is 32.9 Å². The largest absolute Gasteiger partial charge is 0.347 e. The molecular weight excluding hydrogens is 339 g/mol. The Kier molecular flexibility index (Phi) is 3.56. The lowest BCUT2D eigenvalue weighted by atomic mass is 9.97. The number of hydrogen-bond donors (Lipinski definition) is 1. The molecule has 2 unspecified atom stereocenters. The molecular formula is C15H12Cl2N4S. The Balaban J connectivity index is 1.80. The minimum Gasteiger partial charge on any atom is -0.347 e. The summed E-state index contributed by atoms with van der Waals surface area (Å²) in [5.41, 5.74) is 0.976. The number of thiophene rings is 1. The molecule has 1 aromatic carbocycles. The molecule has 2 atom stereocenters. The third-order valence-electron chi connectivity index (χ3n) is 3.86. The summed E-state index contributed by atoms with van der Waals surface area (Å²) in [4.78, 5) is 5.59. The van der Waals surface area contributed by atoms with Gasteiger partial charge in [0.05, 0.1) is 22.1 Å². The van der Waals surface area contributed by atoms with E-state index in [1.165, 1.54) is 4.88 Å². The van der Waals surface area contributed by atoms with E-state index in [1.54, 1.807) is 23.7 Å². The molecule has 0 aliphatic carbocycles. The van der Waals surface area contributed by atoms with E-state index in [0.717, 1.165) is 17.9 Å². The number of anilines is 1. The highest BCUT2D eigenvalue weighted by atomic mass is 35.5. The fraction of sp³-hybridized carbons (Fsp3) is 0.200. The lowest BCUT2D eigenvalue weighted by Gasteiger charge is -2.31. The number of nitrogens with one attached hydrogen (secondary N) is 1. The van der Waals surface area contributed by atoms with Gasteiger partial charge in [-0.15, -0.1) is 11.3 Å². The van der Waals surface area contributed by atoms with Crippen LogP contribution in [0.4, 0.5) is 5.95 Å². The van der Waals surface area contributed by atoms with Crippen LogP contribution in [0.2, 0.25) is 10.0 Å². The molecule has 0 radical (unpaired) electrons. The molecule has 22 heavy (non-hydrogen) atoms. The third kappa shape index (κ3) is 2.29. The van der Waals surface area contributed by atoms with Crippen molar-refractivity contribution in [2.24, 2.45) is 0 Å². The standard InChI is InChI=1S/C15H12Cl2N4S/c16-10-4-1-3-9(14(10)17)12-7-11(13-5-2-6-22-13)20-15-18-8-19-21(12)15/h1-6,8,11-12H,7H2,(H,18,19,20). The average Bonchev–Trinajstić information content (AvgIpc) is 3.19. The second kappa shape index (κ2) is 5.57. The molecule has 4 rings (SSSR count). The topological polar surface area (TPSA) is 42.7 Å². The van der Waals surface area contributed by atoms with Crippen LogP contribution in [0.5, 0.6) is 0 Å². The van der Waals surface area contributed by atoms with E-state index in [9.17, 15) is 0 Å². The maximum atomic E-state index is 6.42. The summed E-state index contributed by atoms with van der Waals surface area (Å²) in [6.45, 7) is 0. The Hall–Kier alpha value is -1.56. The Morgan fingerprint density at radius 2 is 2.14 bits per heavy atom. The highest BCUT2D eigenvalue weighted by Crippen LogP contribution is 2.41. The number of fused-ring (bicyclic) bond motifs is 1. The zero-order chi connectivity index (χ0) is 15.1. The molecule has 1 aliphatic rings. The number of rotatable bonds is 2. The van der Waals surface area contributed by atoms with Crippen LogP contribution in [-0.4, -0.2) is 14.8 Å². The van der Waals surface area contributed by atoms with Gasteiger partial charge in [0.25, 0.3) is 0 Å². The van der Waals surface area contributed by atoms with Crippen molar-refractivity contribution in [3.05, 3.63) is 62.5 Å². The fourth-order valence-corrected chi connectivity index (χ4v) is 4.06. The van der Waals surface area contributed by atoms with Crippen molar-refractivity contribution in [1.82, 2.24) is 14.8 Å². The third-order valence-corrected chi connectivity index (χ3v) is 5.68. The summed E-state index contributed by atoms with van der Waals surface area (Å²) in [6.07, 6.45) is 2.40. The number of hydrogen-bond acceptors (Lipinski definition) is 4. The first-order valence-electron chi connectivity index (χ1n) is 6.87. The molecule has 0 amide bonds. The first-order chi connectivity index (χ1) is 10.7. The van der Waals surface area contributed by atoms with Gasteiger partial charge in [0.1, 0.15) is 6.33 Å². The molecule has 3 heterocycles. The second-order valence-corrected chi connectivity index (χ2v) is 6.90. The van der Waals surface area contributed by atoms with Gasteiger partial charge in [-0.1, -0.05) is 41.4 Å². The molecule has 7 heteroatoms. The van der Waals surface area contributed by atoms with Gasteiger partial charge in [0.2, 0.25) is 5.95 Å². The van der Waals surface area contributed by atoms with Crippen LogP contribution in [0, 0.1) is 0 Å². The molecule has 0 bridgehead atoms. The fourth-order valence-electron chi connectivity index (χ4n) is 2.83. The molecule has 1 aliphatic heterocycles. The van der Waals surface area contributed by atoms with Gasteiger partial charge in [0.15, 0.2) is 0 Å². The lowest BCUT2D eigenvalue weighted by molar-refractivity contribution is 0.433. The van der Waals surface area contributed by atoms with Crippen molar-refractivity contribution in [3.63, 3.8) is 0 Å². The smallest absolute Gasteiger partial charge is 0.222 e. The van der Waals surface area contributed by atoms with E-state index >= 15 is 0 Å². The van der Waals surface area contributed by atoms with Crippen LogP contribution in [0.15, 0.2) is 42.0 Å². The number of nitrogens with zero attached hydrogens (tertiary/aromatic N) is 3. The number of aromatic nitrogens is 3. The summed E-state index contributed by atoms with van der Waals surface area (Å²) in [7, 11) is 0. The van der Waals surface area contributed by atoms with E-state index in [-0.39, 0.29) is 12.1 Å².